The van der Waals surface area contributed by atoms with Gasteiger partial charge < -0.3 is 9.88 Å². The van der Waals surface area contributed by atoms with E-state index in [1.54, 1.807) is 43.2 Å². The van der Waals surface area contributed by atoms with Crippen molar-refractivity contribution >= 4 is 16.9 Å². The molecular weight excluding hydrogens is 377 g/mol. The number of benzene rings is 1. The maximum atomic E-state index is 13.3. The molecule has 0 aliphatic rings. The Morgan fingerprint density at radius 2 is 1.97 bits per heavy atom. The van der Waals surface area contributed by atoms with Crippen LogP contribution in [0.4, 0.5) is 4.39 Å². The fourth-order valence-corrected chi connectivity index (χ4v) is 3.15. The number of rotatable bonds is 5. The molecule has 1 atom stereocenters. The van der Waals surface area contributed by atoms with E-state index < -0.39 is 11.9 Å². The lowest BCUT2D eigenvalue weighted by Crippen LogP contribution is -2.36. The van der Waals surface area contributed by atoms with Gasteiger partial charge in [0.25, 0.3) is 5.56 Å². The van der Waals surface area contributed by atoms with Crippen molar-refractivity contribution in [2.75, 3.05) is 0 Å². The topological polar surface area (TPSA) is 99.6 Å². The van der Waals surface area contributed by atoms with Crippen molar-refractivity contribution in [2.45, 2.75) is 12.6 Å². The summed E-state index contributed by atoms with van der Waals surface area (Å²) in [6.07, 6.45) is 6.11. The zero-order valence-corrected chi connectivity index (χ0v) is 15.8. The molecule has 3 heterocycles. The average Bonchev–Trinajstić information content (AvgIpc) is 3.29. The number of aromatic nitrogens is 6. The fourth-order valence-electron chi connectivity index (χ4n) is 3.15. The van der Waals surface area contributed by atoms with E-state index in [0.29, 0.717) is 22.4 Å². The lowest BCUT2D eigenvalue weighted by molar-refractivity contribution is -0.122. The second-order valence-corrected chi connectivity index (χ2v) is 6.63. The first-order valence-corrected chi connectivity index (χ1v) is 8.83. The summed E-state index contributed by atoms with van der Waals surface area (Å²) in [6, 6.07) is 5.22. The molecule has 0 aliphatic carbocycles. The number of halogens is 1. The highest BCUT2D eigenvalue weighted by atomic mass is 19.1. The smallest absolute Gasteiger partial charge is 0.264 e. The van der Waals surface area contributed by atoms with Crippen molar-refractivity contribution in [1.82, 2.24) is 34.2 Å². The van der Waals surface area contributed by atoms with Gasteiger partial charge in [-0.2, -0.15) is 5.10 Å². The minimum Gasteiger partial charge on any atom is -0.341 e. The predicted molar refractivity (Wildman–Crippen MR) is 102 cm³/mol. The maximum Gasteiger partial charge on any atom is 0.264 e. The van der Waals surface area contributed by atoms with E-state index in [-0.39, 0.29) is 17.9 Å². The molecule has 29 heavy (non-hydrogen) atoms. The largest absolute Gasteiger partial charge is 0.341 e. The minimum absolute atomic E-state index is 0.223. The van der Waals surface area contributed by atoms with Crippen LogP contribution < -0.4 is 10.9 Å². The molecule has 3 aromatic heterocycles. The van der Waals surface area contributed by atoms with Gasteiger partial charge in [0.15, 0.2) is 5.65 Å². The lowest BCUT2D eigenvalue weighted by atomic mass is 10.1. The predicted octanol–water partition coefficient (Wildman–Crippen LogP) is 0.908. The standard InChI is InChI=1S/C19H18FN7O2/c1-25-8-7-21-18(25)16(12-3-5-13(20)6-4-12)24-15(28)10-27-11-22-17-14(19(27)29)9-23-26(17)2/h3-9,11,16H,10H2,1-2H3,(H,24,28). The zero-order valence-electron chi connectivity index (χ0n) is 15.8. The zero-order chi connectivity index (χ0) is 20.5. The SMILES string of the molecule is Cn1ccnc1C(NC(=O)Cn1cnc2c(cnn2C)c1=O)c1ccc(F)cc1. The molecule has 0 radical (unpaired) electrons. The minimum atomic E-state index is -0.603. The highest BCUT2D eigenvalue weighted by molar-refractivity contribution is 5.78. The van der Waals surface area contributed by atoms with Gasteiger partial charge >= 0.3 is 0 Å². The summed E-state index contributed by atoms with van der Waals surface area (Å²) in [7, 11) is 3.49. The van der Waals surface area contributed by atoms with Crippen molar-refractivity contribution in [2.24, 2.45) is 14.1 Å². The molecule has 1 N–H and O–H groups in total. The third-order valence-electron chi connectivity index (χ3n) is 4.66. The average molecular weight is 395 g/mol. The van der Waals surface area contributed by atoms with Gasteiger partial charge in [0.1, 0.15) is 35.9 Å². The fraction of sp³-hybridized carbons (Fsp3) is 0.211. The molecule has 148 valence electrons. The number of fused-ring (bicyclic) bond motifs is 1. The number of aryl methyl sites for hydroxylation is 2. The summed E-state index contributed by atoms with van der Waals surface area (Å²) < 4.78 is 17.8. The number of carbonyl (C=O) groups is 1. The Bertz CT molecular complexity index is 1240. The van der Waals surface area contributed by atoms with E-state index in [1.807, 2.05) is 0 Å². The second-order valence-electron chi connectivity index (χ2n) is 6.63. The van der Waals surface area contributed by atoms with E-state index in [9.17, 15) is 14.0 Å². The molecule has 1 unspecified atom stereocenters. The molecule has 0 aliphatic heterocycles. The number of carbonyl (C=O) groups excluding carboxylic acids is 1. The van der Waals surface area contributed by atoms with Crippen LogP contribution in [-0.4, -0.2) is 34.8 Å². The van der Waals surface area contributed by atoms with E-state index >= 15 is 0 Å². The molecule has 9 nitrogen and oxygen atoms in total. The van der Waals surface area contributed by atoms with Crippen LogP contribution >= 0.6 is 0 Å². The molecule has 0 spiro atoms. The summed E-state index contributed by atoms with van der Waals surface area (Å²) in [6.45, 7) is -0.223. The molecule has 10 heteroatoms. The highest BCUT2D eigenvalue weighted by Crippen LogP contribution is 2.20. The quantitative estimate of drug-likeness (QED) is 0.541. The molecule has 4 aromatic rings. The van der Waals surface area contributed by atoms with Crippen LogP contribution in [0.3, 0.4) is 0 Å². The Balaban J connectivity index is 1.62. The first-order valence-electron chi connectivity index (χ1n) is 8.83. The summed E-state index contributed by atoms with van der Waals surface area (Å²) in [4.78, 5) is 33.8. The Labute approximate surface area is 164 Å². The van der Waals surface area contributed by atoms with Gasteiger partial charge in [-0.15, -0.1) is 0 Å². The third kappa shape index (κ3) is 3.51. The first kappa shape index (κ1) is 18.5. The molecule has 0 bridgehead atoms. The molecule has 4 rings (SSSR count). The number of nitrogens with zero attached hydrogens (tertiary/aromatic N) is 6. The van der Waals surface area contributed by atoms with Gasteiger partial charge in [-0.1, -0.05) is 12.1 Å². The second kappa shape index (κ2) is 7.30. The van der Waals surface area contributed by atoms with E-state index in [2.05, 4.69) is 20.4 Å². The van der Waals surface area contributed by atoms with Gasteiger partial charge in [-0.05, 0) is 17.7 Å². The Hall–Kier alpha value is -3.82. The van der Waals surface area contributed by atoms with Crippen molar-refractivity contribution < 1.29 is 9.18 Å². The molecule has 0 fully saturated rings. The highest BCUT2D eigenvalue weighted by Gasteiger charge is 2.21. The van der Waals surface area contributed by atoms with Crippen molar-refractivity contribution in [1.29, 1.82) is 0 Å². The normalized spacial score (nSPS) is 12.2. The van der Waals surface area contributed by atoms with Gasteiger partial charge in [0.05, 0.1) is 6.20 Å². The molecule has 0 saturated heterocycles. The molecular formula is C19H18FN7O2. The molecule has 0 saturated carbocycles. The van der Waals surface area contributed by atoms with Crippen molar-refractivity contribution in [3.63, 3.8) is 0 Å². The monoisotopic (exact) mass is 395 g/mol. The van der Waals surface area contributed by atoms with Gasteiger partial charge in [0, 0.05) is 26.5 Å². The summed E-state index contributed by atoms with van der Waals surface area (Å²) in [5, 5.41) is 7.22. The number of imidazole rings is 1. The third-order valence-corrected chi connectivity index (χ3v) is 4.66. The van der Waals surface area contributed by atoms with E-state index in [4.69, 9.17) is 0 Å². The first-order chi connectivity index (χ1) is 13.9. The van der Waals surface area contributed by atoms with E-state index in [0.717, 1.165) is 0 Å². The summed E-state index contributed by atoms with van der Waals surface area (Å²) in [5.74, 6) is -0.200. The summed E-state index contributed by atoms with van der Waals surface area (Å²) in [5.41, 5.74) is 0.764. The number of hydrogen-bond acceptors (Lipinski definition) is 5. The van der Waals surface area contributed by atoms with Crippen LogP contribution in [0.5, 0.6) is 0 Å². The summed E-state index contributed by atoms with van der Waals surface area (Å²) >= 11 is 0. The van der Waals surface area contributed by atoms with Crippen molar-refractivity contribution in [3.05, 3.63) is 76.7 Å². The van der Waals surface area contributed by atoms with Gasteiger partial charge in [-0.25, -0.2) is 14.4 Å². The molecule has 1 amide bonds. The van der Waals surface area contributed by atoms with Gasteiger partial charge in [-0.3, -0.25) is 18.8 Å². The Morgan fingerprint density at radius 1 is 1.21 bits per heavy atom. The Kier molecular flexibility index (Phi) is 4.67. The maximum absolute atomic E-state index is 13.3. The van der Waals surface area contributed by atoms with Crippen LogP contribution in [0.2, 0.25) is 0 Å². The van der Waals surface area contributed by atoms with Crippen LogP contribution in [-0.2, 0) is 25.4 Å². The van der Waals surface area contributed by atoms with Crippen LogP contribution in [0.1, 0.15) is 17.4 Å². The lowest BCUT2D eigenvalue weighted by Gasteiger charge is -2.19. The van der Waals surface area contributed by atoms with Crippen LogP contribution in [0.25, 0.3) is 11.0 Å². The number of hydrogen-bond donors (Lipinski definition) is 1. The number of amides is 1. The van der Waals surface area contributed by atoms with E-state index in [1.165, 1.54) is 33.9 Å². The van der Waals surface area contributed by atoms with Crippen molar-refractivity contribution in [3.8, 4) is 0 Å². The molecule has 1 aromatic carbocycles. The van der Waals surface area contributed by atoms with Crippen LogP contribution in [0, 0.1) is 5.82 Å². The Morgan fingerprint density at radius 3 is 2.66 bits per heavy atom. The number of nitrogens with one attached hydrogen (secondary N) is 1. The van der Waals surface area contributed by atoms with Crippen LogP contribution in [0.15, 0.2) is 54.0 Å². The van der Waals surface area contributed by atoms with Gasteiger partial charge in [0.2, 0.25) is 5.91 Å².